The molecule has 9 nitrogen and oxygen atoms in total. The van der Waals surface area contributed by atoms with Crippen molar-refractivity contribution in [2.45, 2.75) is 63.9 Å². The number of hydrogen-bond donors (Lipinski definition) is 4. The van der Waals surface area contributed by atoms with Crippen LogP contribution in [-0.2, 0) is 11.2 Å². The van der Waals surface area contributed by atoms with Crippen molar-refractivity contribution in [1.82, 2.24) is 9.78 Å². The van der Waals surface area contributed by atoms with Crippen LogP contribution in [0.25, 0.3) is 0 Å². The van der Waals surface area contributed by atoms with Gasteiger partial charge in [0.1, 0.15) is 30.2 Å². The van der Waals surface area contributed by atoms with Crippen molar-refractivity contribution in [1.29, 1.82) is 0 Å². The van der Waals surface area contributed by atoms with E-state index in [-0.39, 0.29) is 11.9 Å². The molecule has 3 rings (SSSR count). The molecule has 166 valence electrons. The zero-order chi connectivity index (χ0) is 22.0. The summed E-state index contributed by atoms with van der Waals surface area (Å²) in [5.74, 6) is 1.02. The maximum atomic E-state index is 10.3. The smallest absolute Gasteiger partial charge is 0.239 e. The van der Waals surface area contributed by atoms with Gasteiger partial charge in [0.2, 0.25) is 12.2 Å². The molecule has 0 aliphatic carbocycles. The van der Waals surface area contributed by atoms with Crippen LogP contribution < -0.4 is 9.47 Å². The van der Waals surface area contributed by atoms with Crippen LogP contribution in [-0.4, -0.2) is 74.6 Å². The summed E-state index contributed by atoms with van der Waals surface area (Å²) in [5.41, 5.74) is 2.73. The van der Waals surface area contributed by atoms with Gasteiger partial charge in [0.05, 0.1) is 13.7 Å². The number of aliphatic hydroxyl groups is 4. The Kier molecular flexibility index (Phi) is 6.99. The maximum absolute atomic E-state index is 10.3. The Morgan fingerprint density at radius 1 is 1.10 bits per heavy atom. The fourth-order valence-corrected chi connectivity index (χ4v) is 3.55. The number of methoxy groups -OCH3 is 1. The predicted molar refractivity (Wildman–Crippen MR) is 108 cm³/mol. The van der Waals surface area contributed by atoms with Gasteiger partial charge in [0.15, 0.2) is 0 Å². The van der Waals surface area contributed by atoms with Crippen molar-refractivity contribution in [3.63, 3.8) is 0 Å². The van der Waals surface area contributed by atoms with Crippen LogP contribution in [0.3, 0.4) is 0 Å². The van der Waals surface area contributed by atoms with Gasteiger partial charge in [-0.05, 0) is 38.5 Å². The Labute approximate surface area is 175 Å². The van der Waals surface area contributed by atoms with Gasteiger partial charge in [-0.3, -0.25) is 4.68 Å². The molecule has 1 aliphatic heterocycles. The van der Waals surface area contributed by atoms with Crippen molar-refractivity contribution in [3.05, 3.63) is 41.1 Å². The van der Waals surface area contributed by atoms with E-state index < -0.39 is 37.3 Å². The molecular weight excluding hydrogens is 392 g/mol. The Morgan fingerprint density at radius 2 is 1.77 bits per heavy atom. The highest BCUT2D eigenvalue weighted by Gasteiger charge is 2.45. The van der Waals surface area contributed by atoms with Crippen molar-refractivity contribution in [3.8, 4) is 11.6 Å². The number of hydrogen-bond acceptors (Lipinski definition) is 8. The molecule has 1 aliphatic rings. The molecule has 0 radical (unpaired) electrons. The SMILES string of the molecule is COc1ccc(Cc2c(O[C@@H]3O[C@H](CO)[C@@H](O)[C@H](O)[C@H]3O)nn(C(C)C)c2C)cc1. The van der Waals surface area contributed by atoms with Gasteiger partial charge in [-0.2, -0.15) is 0 Å². The molecular formula is C21H30N2O7. The zero-order valence-corrected chi connectivity index (χ0v) is 17.6. The number of benzene rings is 1. The average molecular weight is 422 g/mol. The largest absolute Gasteiger partial charge is 0.497 e. The number of ether oxygens (including phenoxy) is 3. The summed E-state index contributed by atoms with van der Waals surface area (Å²) in [6.07, 6.45) is -6.27. The Hall–Kier alpha value is -2.17. The van der Waals surface area contributed by atoms with Crippen molar-refractivity contribution >= 4 is 0 Å². The standard InChI is InChI=1S/C21H30N2O7/c1-11(2)23-12(3)15(9-13-5-7-14(28-4)8-6-13)20(22-23)30-21-19(27)18(26)17(25)16(10-24)29-21/h5-8,11,16-19,21,24-27H,9-10H2,1-4H3/t16-,17-,18+,19-,21+/m1/s1. The van der Waals surface area contributed by atoms with Gasteiger partial charge in [-0.1, -0.05) is 12.1 Å². The van der Waals surface area contributed by atoms with Gasteiger partial charge in [-0.25, -0.2) is 0 Å². The van der Waals surface area contributed by atoms with Gasteiger partial charge in [-0.15, -0.1) is 5.10 Å². The normalized spacial score (nSPS) is 26.8. The molecule has 2 heterocycles. The minimum atomic E-state index is -1.51. The number of aromatic nitrogens is 2. The minimum absolute atomic E-state index is 0.0757. The van der Waals surface area contributed by atoms with Crippen LogP contribution >= 0.6 is 0 Å². The molecule has 0 unspecified atom stereocenters. The van der Waals surface area contributed by atoms with Crippen molar-refractivity contribution < 1.29 is 34.6 Å². The first-order chi connectivity index (χ1) is 14.3. The third-order valence-corrected chi connectivity index (χ3v) is 5.34. The van der Waals surface area contributed by atoms with Crippen molar-refractivity contribution in [2.75, 3.05) is 13.7 Å². The highest BCUT2D eigenvalue weighted by atomic mass is 16.7. The molecule has 0 amide bonds. The summed E-state index contributed by atoms with van der Waals surface area (Å²) < 4.78 is 18.4. The first kappa shape index (κ1) is 22.5. The first-order valence-electron chi connectivity index (χ1n) is 9.94. The lowest BCUT2D eigenvalue weighted by molar-refractivity contribution is -0.278. The Balaban J connectivity index is 1.90. The van der Waals surface area contributed by atoms with Gasteiger partial charge in [0, 0.05) is 23.7 Å². The van der Waals surface area contributed by atoms with Crippen LogP contribution in [0.15, 0.2) is 24.3 Å². The van der Waals surface area contributed by atoms with Gasteiger partial charge in [0.25, 0.3) is 0 Å². The average Bonchev–Trinajstić information content (AvgIpc) is 3.04. The monoisotopic (exact) mass is 422 g/mol. The third-order valence-electron chi connectivity index (χ3n) is 5.34. The van der Waals surface area contributed by atoms with E-state index in [1.807, 2.05) is 49.7 Å². The van der Waals surface area contributed by atoms with Crippen LogP contribution in [0.4, 0.5) is 0 Å². The summed E-state index contributed by atoms with van der Waals surface area (Å²) in [7, 11) is 1.61. The fraction of sp³-hybridized carbons (Fsp3) is 0.571. The summed E-state index contributed by atoms with van der Waals surface area (Å²) >= 11 is 0. The van der Waals surface area contributed by atoms with Crippen LogP contribution in [0.2, 0.25) is 0 Å². The molecule has 1 aromatic heterocycles. The molecule has 0 spiro atoms. The quantitative estimate of drug-likeness (QED) is 0.510. The maximum Gasteiger partial charge on any atom is 0.239 e. The molecule has 1 aromatic carbocycles. The second-order valence-electron chi connectivity index (χ2n) is 7.75. The molecule has 0 bridgehead atoms. The molecule has 9 heteroatoms. The first-order valence-corrected chi connectivity index (χ1v) is 9.94. The van der Waals surface area contributed by atoms with E-state index in [1.165, 1.54) is 0 Å². The van der Waals surface area contributed by atoms with Crippen LogP contribution in [0.1, 0.15) is 36.7 Å². The second-order valence-corrected chi connectivity index (χ2v) is 7.75. The molecule has 1 saturated heterocycles. The predicted octanol–water partition coefficient (Wildman–Crippen LogP) is 0.551. The molecule has 30 heavy (non-hydrogen) atoms. The Morgan fingerprint density at radius 3 is 2.33 bits per heavy atom. The van der Waals surface area contributed by atoms with Gasteiger partial charge < -0.3 is 34.6 Å². The highest BCUT2D eigenvalue weighted by molar-refractivity contribution is 5.38. The molecule has 1 fully saturated rings. The third kappa shape index (κ3) is 4.45. The number of nitrogens with zero attached hydrogens (tertiary/aromatic N) is 2. The van der Waals surface area contributed by atoms with E-state index >= 15 is 0 Å². The summed E-state index contributed by atoms with van der Waals surface area (Å²) in [6, 6.07) is 7.71. The summed E-state index contributed by atoms with van der Waals surface area (Å²) in [6.45, 7) is 5.40. The molecule has 5 atom stereocenters. The molecule has 2 aromatic rings. The molecule has 0 saturated carbocycles. The number of rotatable bonds is 7. The van der Waals surface area contributed by atoms with E-state index in [2.05, 4.69) is 5.10 Å². The summed E-state index contributed by atoms with van der Waals surface area (Å²) in [4.78, 5) is 0. The minimum Gasteiger partial charge on any atom is -0.497 e. The summed E-state index contributed by atoms with van der Waals surface area (Å²) in [5, 5.41) is 44.3. The topological polar surface area (TPSA) is 126 Å². The van der Waals surface area contributed by atoms with Crippen LogP contribution in [0, 0.1) is 6.92 Å². The molecule has 4 N–H and O–H groups in total. The Bertz CT molecular complexity index is 835. The lowest BCUT2D eigenvalue weighted by atomic mass is 9.99. The van der Waals surface area contributed by atoms with E-state index in [4.69, 9.17) is 14.2 Å². The van der Waals surface area contributed by atoms with E-state index in [9.17, 15) is 20.4 Å². The van der Waals surface area contributed by atoms with Gasteiger partial charge >= 0.3 is 0 Å². The van der Waals surface area contributed by atoms with Crippen LogP contribution in [0.5, 0.6) is 11.6 Å². The highest BCUT2D eigenvalue weighted by Crippen LogP contribution is 2.30. The zero-order valence-electron chi connectivity index (χ0n) is 17.6. The fourth-order valence-electron chi connectivity index (χ4n) is 3.55. The second kappa shape index (κ2) is 9.32. The van der Waals surface area contributed by atoms with E-state index in [0.717, 1.165) is 22.6 Å². The van der Waals surface area contributed by atoms with E-state index in [0.29, 0.717) is 6.42 Å². The van der Waals surface area contributed by atoms with E-state index in [1.54, 1.807) is 7.11 Å². The van der Waals surface area contributed by atoms with Crippen molar-refractivity contribution in [2.24, 2.45) is 0 Å². The lowest BCUT2D eigenvalue weighted by Gasteiger charge is -2.39. The lowest BCUT2D eigenvalue weighted by Crippen LogP contribution is -2.60. The number of aliphatic hydroxyl groups excluding tert-OH is 4.